The summed E-state index contributed by atoms with van der Waals surface area (Å²) in [4.78, 5) is 14.4. The third-order valence-corrected chi connectivity index (χ3v) is 3.90. The number of benzene rings is 1. The van der Waals surface area contributed by atoms with Crippen molar-refractivity contribution in [2.24, 2.45) is 0 Å². The Balaban J connectivity index is 1.98. The van der Waals surface area contributed by atoms with E-state index in [1.165, 1.54) is 0 Å². The van der Waals surface area contributed by atoms with Crippen molar-refractivity contribution in [3.05, 3.63) is 30.0 Å². The van der Waals surface area contributed by atoms with E-state index in [0.29, 0.717) is 17.0 Å². The molecule has 4 heteroatoms. The van der Waals surface area contributed by atoms with E-state index in [0.717, 1.165) is 24.8 Å². The van der Waals surface area contributed by atoms with E-state index in [1.807, 2.05) is 11.0 Å². The molecule has 19 heavy (non-hydrogen) atoms. The highest BCUT2D eigenvalue weighted by atomic mass is 16.3. The minimum absolute atomic E-state index is 0.0303. The first-order valence-corrected chi connectivity index (χ1v) is 6.58. The van der Waals surface area contributed by atoms with Crippen molar-refractivity contribution >= 4 is 22.6 Å². The van der Waals surface area contributed by atoms with Gasteiger partial charge in [0.25, 0.3) is 5.91 Å². The fourth-order valence-electron chi connectivity index (χ4n) is 2.78. The first-order chi connectivity index (χ1) is 8.97. The Morgan fingerprint density at radius 3 is 2.84 bits per heavy atom. The molecule has 1 aliphatic rings. The largest absolute Gasteiger partial charge is 0.451 e. The highest BCUT2D eigenvalue weighted by molar-refractivity contribution is 5.97. The quantitative estimate of drug-likeness (QED) is 0.800. The number of carbonyl (C=O) groups excluding carboxylic acids is 1. The maximum absolute atomic E-state index is 12.5. The minimum atomic E-state index is -0.0882. The first-order valence-electron chi connectivity index (χ1n) is 6.58. The van der Waals surface area contributed by atoms with Crippen molar-refractivity contribution in [1.29, 1.82) is 0 Å². The molecule has 0 spiro atoms. The molecule has 0 saturated carbocycles. The van der Waals surface area contributed by atoms with Crippen LogP contribution in [0.4, 0.5) is 5.69 Å². The first kappa shape index (κ1) is 12.1. The van der Waals surface area contributed by atoms with Gasteiger partial charge in [0, 0.05) is 23.2 Å². The van der Waals surface area contributed by atoms with Gasteiger partial charge >= 0.3 is 0 Å². The maximum Gasteiger partial charge on any atom is 0.290 e. The Bertz CT molecular complexity index is 643. The van der Waals surface area contributed by atoms with E-state index < -0.39 is 0 Å². The Labute approximate surface area is 112 Å². The van der Waals surface area contributed by atoms with E-state index in [2.05, 4.69) is 13.8 Å². The van der Waals surface area contributed by atoms with Crippen molar-refractivity contribution in [2.45, 2.75) is 32.2 Å². The van der Waals surface area contributed by atoms with Crippen LogP contribution < -0.4 is 5.73 Å². The second-order valence-corrected chi connectivity index (χ2v) is 5.78. The Morgan fingerprint density at radius 2 is 2.16 bits per heavy atom. The van der Waals surface area contributed by atoms with Crippen molar-refractivity contribution in [3.8, 4) is 0 Å². The molecule has 0 radical (unpaired) electrons. The van der Waals surface area contributed by atoms with E-state index in [1.54, 1.807) is 18.2 Å². The summed E-state index contributed by atoms with van der Waals surface area (Å²) in [6.45, 7) is 4.99. The van der Waals surface area contributed by atoms with Crippen LogP contribution in [0.25, 0.3) is 11.0 Å². The number of amides is 1. The van der Waals surface area contributed by atoms with Gasteiger partial charge in [0.2, 0.25) is 0 Å². The van der Waals surface area contributed by atoms with Crippen molar-refractivity contribution in [3.63, 3.8) is 0 Å². The Kier molecular flexibility index (Phi) is 2.55. The Morgan fingerprint density at radius 1 is 1.37 bits per heavy atom. The van der Waals surface area contributed by atoms with E-state index in [-0.39, 0.29) is 11.4 Å². The molecule has 1 saturated heterocycles. The number of furan rings is 1. The number of hydrogen-bond donors (Lipinski definition) is 1. The average molecular weight is 258 g/mol. The van der Waals surface area contributed by atoms with Crippen LogP contribution in [-0.4, -0.2) is 22.9 Å². The van der Waals surface area contributed by atoms with Crippen LogP contribution in [0.1, 0.15) is 37.2 Å². The molecule has 0 bridgehead atoms. The molecule has 0 atom stereocenters. The van der Waals surface area contributed by atoms with Crippen LogP contribution in [0.5, 0.6) is 0 Å². The topological polar surface area (TPSA) is 59.5 Å². The van der Waals surface area contributed by atoms with Crippen LogP contribution in [0.15, 0.2) is 28.7 Å². The lowest BCUT2D eigenvalue weighted by Gasteiger charge is -2.30. The lowest BCUT2D eigenvalue weighted by Crippen LogP contribution is -2.42. The normalized spacial score (nSPS) is 18.1. The molecule has 1 fully saturated rings. The number of anilines is 1. The number of nitrogens with zero attached hydrogens (tertiary/aromatic N) is 1. The average Bonchev–Trinajstić information content (AvgIpc) is 2.90. The summed E-state index contributed by atoms with van der Waals surface area (Å²) in [7, 11) is 0. The number of likely N-dealkylation sites (tertiary alicyclic amines) is 1. The summed E-state index contributed by atoms with van der Waals surface area (Å²) in [6, 6.07) is 7.18. The van der Waals surface area contributed by atoms with E-state index in [4.69, 9.17) is 10.2 Å². The number of hydrogen-bond acceptors (Lipinski definition) is 3. The molecule has 1 aliphatic heterocycles. The van der Waals surface area contributed by atoms with Gasteiger partial charge in [-0.3, -0.25) is 4.79 Å². The second-order valence-electron chi connectivity index (χ2n) is 5.78. The lowest BCUT2D eigenvalue weighted by molar-refractivity contribution is 0.0621. The van der Waals surface area contributed by atoms with Crippen LogP contribution in [0.3, 0.4) is 0 Å². The molecule has 2 heterocycles. The van der Waals surface area contributed by atoms with Gasteiger partial charge in [0.15, 0.2) is 5.76 Å². The summed E-state index contributed by atoms with van der Waals surface area (Å²) in [5.74, 6) is 0.368. The van der Waals surface area contributed by atoms with Crippen molar-refractivity contribution < 1.29 is 9.21 Å². The zero-order valence-corrected chi connectivity index (χ0v) is 11.3. The summed E-state index contributed by atoms with van der Waals surface area (Å²) in [5, 5.41) is 0.875. The zero-order valence-electron chi connectivity index (χ0n) is 11.3. The molecule has 2 aromatic rings. The fraction of sp³-hybridized carbons (Fsp3) is 0.400. The van der Waals surface area contributed by atoms with E-state index >= 15 is 0 Å². The Hall–Kier alpha value is -1.97. The molecule has 1 amide bonds. The maximum atomic E-state index is 12.5. The number of nitrogen functional groups attached to an aromatic ring is 1. The van der Waals surface area contributed by atoms with Gasteiger partial charge < -0.3 is 15.1 Å². The minimum Gasteiger partial charge on any atom is -0.451 e. The standard InChI is InChI=1S/C15H18N2O2/c1-15(2)6-3-7-17(15)14(18)13-9-10-8-11(16)4-5-12(10)19-13/h4-5,8-9H,3,6-7,16H2,1-2H3. The third-order valence-electron chi connectivity index (χ3n) is 3.90. The molecular weight excluding hydrogens is 240 g/mol. The van der Waals surface area contributed by atoms with Gasteiger partial charge in [-0.2, -0.15) is 0 Å². The molecule has 1 aromatic carbocycles. The van der Waals surface area contributed by atoms with Gasteiger partial charge in [-0.15, -0.1) is 0 Å². The molecule has 0 aliphatic carbocycles. The molecule has 100 valence electrons. The highest BCUT2D eigenvalue weighted by Crippen LogP contribution is 2.31. The predicted molar refractivity (Wildman–Crippen MR) is 75.0 cm³/mol. The number of nitrogens with two attached hydrogens (primary N) is 1. The van der Waals surface area contributed by atoms with Crippen LogP contribution in [0.2, 0.25) is 0 Å². The number of fused-ring (bicyclic) bond motifs is 1. The number of carbonyl (C=O) groups is 1. The fourth-order valence-corrected chi connectivity index (χ4v) is 2.78. The molecular formula is C15H18N2O2. The lowest BCUT2D eigenvalue weighted by atomic mass is 10.0. The van der Waals surface area contributed by atoms with Crippen molar-refractivity contribution in [2.75, 3.05) is 12.3 Å². The van der Waals surface area contributed by atoms with Gasteiger partial charge in [-0.05, 0) is 51.0 Å². The molecule has 3 rings (SSSR count). The SMILES string of the molecule is CC1(C)CCCN1C(=O)c1cc2cc(N)ccc2o1. The summed E-state index contributed by atoms with van der Waals surface area (Å²) in [5.41, 5.74) is 7.03. The van der Waals surface area contributed by atoms with Gasteiger partial charge in [-0.25, -0.2) is 0 Å². The van der Waals surface area contributed by atoms with Crippen LogP contribution in [-0.2, 0) is 0 Å². The van der Waals surface area contributed by atoms with Crippen molar-refractivity contribution in [1.82, 2.24) is 4.90 Å². The predicted octanol–water partition coefficient (Wildman–Crippen LogP) is 3.03. The molecule has 4 nitrogen and oxygen atoms in total. The zero-order chi connectivity index (χ0) is 13.6. The summed E-state index contributed by atoms with van der Waals surface area (Å²) in [6.07, 6.45) is 2.08. The molecule has 0 unspecified atom stereocenters. The third kappa shape index (κ3) is 1.97. The van der Waals surface area contributed by atoms with Gasteiger partial charge in [0.05, 0.1) is 0 Å². The van der Waals surface area contributed by atoms with Crippen LogP contribution >= 0.6 is 0 Å². The smallest absolute Gasteiger partial charge is 0.290 e. The summed E-state index contributed by atoms with van der Waals surface area (Å²) < 4.78 is 5.64. The molecule has 2 N–H and O–H groups in total. The van der Waals surface area contributed by atoms with Gasteiger partial charge in [0.1, 0.15) is 5.58 Å². The van der Waals surface area contributed by atoms with Gasteiger partial charge in [-0.1, -0.05) is 0 Å². The monoisotopic (exact) mass is 258 g/mol. The molecule has 1 aromatic heterocycles. The van der Waals surface area contributed by atoms with E-state index in [9.17, 15) is 4.79 Å². The summed E-state index contributed by atoms with van der Waals surface area (Å²) >= 11 is 0. The second kappa shape index (κ2) is 4.02. The number of rotatable bonds is 1. The highest BCUT2D eigenvalue weighted by Gasteiger charge is 2.36. The van der Waals surface area contributed by atoms with Crippen LogP contribution in [0, 0.1) is 0 Å².